The SMILES string of the molecule is CCSCCC(=O)Oc1ccccc1Cl. The topological polar surface area (TPSA) is 26.3 Å². The first kappa shape index (κ1) is 12.4. The summed E-state index contributed by atoms with van der Waals surface area (Å²) in [4.78, 5) is 11.3. The van der Waals surface area contributed by atoms with Crippen LogP contribution in [0.25, 0.3) is 0 Å². The van der Waals surface area contributed by atoms with Crippen molar-refractivity contribution >= 4 is 29.3 Å². The van der Waals surface area contributed by atoms with Gasteiger partial charge in [-0.1, -0.05) is 30.7 Å². The Kier molecular flexibility index (Phi) is 5.58. The van der Waals surface area contributed by atoms with Gasteiger partial charge in [0.25, 0.3) is 0 Å². The van der Waals surface area contributed by atoms with Crippen LogP contribution in [0.2, 0.25) is 5.02 Å². The summed E-state index contributed by atoms with van der Waals surface area (Å²) < 4.78 is 5.11. The summed E-state index contributed by atoms with van der Waals surface area (Å²) in [5.74, 6) is 2.01. The molecule has 0 unspecified atom stereocenters. The van der Waals surface area contributed by atoms with Crippen molar-refractivity contribution in [3.63, 3.8) is 0 Å². The summed E-state index contributed by atoms with van der Waals surface area (Å²) in [5, 5.41) is 0.467. The van der Waals surface area contributed by atoms with E-state index < -0.39 is 0 Å². The highest BCUT2D eigenvalue weighted by Gasteiger charge is 2.06. The van der Waals surface area contributed by atoms with E-state index in [2.05, 4.69) is 6.92 Å². The maximum atomic E-state index is 11.3. The number of carbonyl (C=O) groups excluding carboxylic acids is 1. The summed E-state index contributed by atoms with van der Waals surface area (Å²) in [6.07, 6.45) is 0.420. The third-order valence-corrected chi connectivity index (χ3v) is 2.93. The molecule has 1 aromatic carbocycles. The molecular weight excluding hydrogens is 232 g/mol. The number of thioether (sulfide) groups is 1. The molecule has 0 saturated heterocycles. The van der Waals surface area contributed by atoms with Crippen LogP contribution in [0.4, 0.5) is 0 Å². The molecule has 0 spiro atoms. The van der Waals surface area contributed by atoms with Crippen molar-refractivity contribution < 1.29 is 9.53 Å². The quantitative estimate of drug-likeness (QED) is 0.451. The molecule has 15 heavy (non-hydrogen) atoms. The maximum Gasteiger partial charge on any atom is 0.312 e. The van der Waals surface area contributed by atoms with Gasteiger partial charge in [-0.3, -0.25) is 4.79 Å². The lowest BCUT2D eigenvalue weighted by Crippen LogP contribution is -2.09. The van der Waals surface area contributed by atoms with Gasteiger partial charge in [0, 0.05) is 5.75 Å². The van der Waals surface area contributed by atoms with Crippen LogP contribution in [-0.2, 0) is 4.79 Å². The van der Waals surface area contributed by atoms with E-state index in [0.717, 1.165) is 11.5 Å². The number of ether oxygens (including phenoxy) is 1. The number of rotatable bonds is 5. The Balaban J connectivity index is 2.41. The van der Waals surface area contributed by atoms with Gasteiger partial charge in [0.05, 0.1) is 11.4 Å². The van der Waals surface area contributed by atoms with Crippen LogP contribution in [-0.4, -0.2) is 17.5 Å². The zero-order chi connectivity index (χ0) is 11.1. The van der Waals surface area contributed by atoms with Crippen molar-refractivity contribution in [3.05, 3.63) is 29.3 Å². The number of esters is 1. The summed E-state index contributed by atoms with van der Waals surface area (Å²) >= 11 is 7.56. The van der Waals surface area contributed by atoms with E-state index in [1.54, 1.807) is 36.0 Å². The Morgan fingerprint density at radius 1 is 1.47 bits per heavy atom. The normalized spacial score (nSPS) is 10.0. The molecule has 1 rings (SSSR count). The Hall–Kier alpha value is -0.670. The number of carbonyl (C=O) groups is 1. The van der Waals surface area contributed by atoms with Crippen LogP contribution in [0.3, 0.4) is 0 Å². The average molecular weight is 245 g/mol. The van der Waals surface area contributed by atoms with Gasteiger partial charge in [-0.15, -0.1) is 0 Å². The predicted octanol–water partition coefficient (Wildman–Crippen LogP) is 3.39. The van der Waals surface area contributed by atoms with Crippen LogP contribution < -0.4 is 4.74 Å². The summed E-state index contributed by atoms with van der Waals surface area (Å²) in [5.41, 5.74) is 0. The second-order valence-corrected chi connectivity index (χ2v) is 4.65. The minimum absolute atomic E-state index is 0.232. The van der Waals surface area contributed by atoms with Crippen LogP contribution >= 0.6 is 23.4 Å². The molecule has 1 aromatic rings. The molecule has 0 amide bonds. The van der Waals surface area contributed by atoms with Crippen molar-refractivity contribution in [2.75, 3.05) is 11.5 Å². The molecule has 0 fully saturated rings. The van der Waals surface area contributed by atoms with Gasteiger partial charge in [-0.25, -0.2) is 0 Å². The number of para-hydroxylation sites is 1. The Morgan fingerprint density at radius 2 is 2.20 bits per heavy atom. The molecule has 0 heterocycles. The number of hydrogen-bond donors (Lipinski definition) is 0. The van der Waals surface area contributed by atoms with Crippen molar-refractivity contribution in [1.29, 1.82) is 0 Å². The second-order valence-electron chi connectivity index (χ2n) is 2.85. The molecule has 2 nitrogen and oxygen atoms in total. The minimum atomic E-state index is -0.232. The van der Waals surface area contributed by atoms with E-state index in [9.17, 15) is 4.79 Å². The van der Waals surface area contributed by atoms with Crippen molar-refractivity contribution in [2.45, 2.75) is 13.3 Å². The fourth-order valence-corrected chi connectivity index (χ4v) is 1.78. The highest BCUT2D eigenvalue weighted by Crippen LogP contribution is 2.23. The second kappa shape index (κ2) is 6.75. The van der Waals surface area contributed by atoms with E-state index in [1.165, 1.54) is 0 Å². The zero-order valence-electron chi connectivity index (χ0n) is 8.53. The molecule has 4 heteroatoms. The number of benzene rings is 1. The van der Waals surface area contributed by atoms with Gasteiger partial charge >= 0.3 is 5.97 Å². The highest BCUT2D eigenvalue weighted by molar-refractivity contribution is 7.99. The molecule has 0 radical (unpaired) electrons. The molecule has 0 atom stereocenters. The van der Waals surface area contributed by atoms with E-state index in [0.29, 0.717) is 17.2 Å². The fraction of sp³-hybridized carbons (Fsp3) is 0.364. The molecule has 0 N–H and O–H groups in total. The van der Waals surface area contributed by atoms with Gasteiger partial charge in [-0.2, -0.15) is 11.8 Å². The minimum Gasteiger partial charge on any atom is -0.425 e. The summed E-state index contributed by atoms with van der Waals surface area (Å²) in [6.45, 7) is 2.06. The molecule has 82 valence electrons. The standard InChI is InChI=1S/C11H13ClO2S/c1-2-15-8-7-11(13)14-10-6-4-3-5-9(10)12/h3-6H,2,7-8H2,1H3. The van der Waals surface area contributed by atoms with Crippen molar-refractivity contribution in [1.82, 2.24) is 0 Å². The smallest absolute Gasteiger partial charge is 0.312 e. The van der Waals surface area contributed by atoms with Gasteiger partial charge in [-0.05, 0) is 17.9 Å². The van der Waals surface area contributed by atoms with Gasteiger partial charge in [0.2, 0.25) is 0 Å². The maximum absolute atomic E-state index is 11.3. The summed E-state index contributed by atoms with van der Waals surface area (Å²) in [7, 11) is 0. The van der Waals surface area contributed by atoms with Crippen LogP contribution in [0.1, 0.15) is 13.3 Å². The molecule has 0 aliphatic rings. The number of hydrogen-bond acceptors (Lipinski definition) is 3. The highest BCUT2D eigenvalue weighted by atomic mass is 35.5. The van der Waals surface area contributed by atoms with Crippen LogP contribution in [0.15, 0.2) is 24.3 Å². The lowest BCUT2D eigenvalue weighted by Gasteiger charge is -2.05. The van der Waals surface area contributed by atoms with Crippen molar-refractivity contribution in [2.24, 2.45) is 0 Å². The average Bonchev–Trinajstić information content (AvgIpc) is 2.22. The Labute approximate surface area is 99.0 Å². The first-order valence-corrected chi connectivity index (χ1v) is 6.30. The lowest BCUT2D eigenvalue weighted by molar-refractivity contribution is -0.133. The molecule has 0 bridgehead atoms. The Bertz CT molecular complexity index is 328. The molecular formula is C11H13ClO2S. The number of halogens is 1. The molecule has 0 aliphatic carbocycles. The van der Waals surface area contributed by atoms with E-state index in [4.69, 9.17) is 16.3 Å². The van der Waals surface area contributed by atoms with E-state index >= 15 is 0 Å². The third-order valence-electron chi connectivity index (χ3n) is 1.72. The molecule has 0 saturated carbocycles. The lowest BCUT2D eigenvalue weighted by atomic mass is 10.3. The third kappa shape index (κ3) is 4.58. The van der Waals surface area contributed by atoms with E-state index in [-0.39, 0.29) is 5.97 Å². The largest absolute Gasteiger partial charge is 0.425 e. The zero-order valence-corrected chi connectivity index (χ0v) is 10.1. The van der Waals surface area contributed by atoms with Gasteiger partial charge in [0.15, 0.2) is 0 Å². The monoisotopic (exact) mass is 244 g/mol. The predicted molar refractivity (Wildman–Crippen MR) is 64.7 cm³/mol. The first-order valence-electron chi connectivity index (χ1n) is 4.77. The first-order chi connectivity index (χ1) is 7.24. The fourth-order valence-electron chi connectivity index (χ4n) is 1.00. The van der Waals surface area contributed by atoms with Gasteiger partial charge < -0.3 is 4.74 Å². The Morgan fingerprint density at radius 3 is 2.87 bits per heavy atom. The summed E-state index contributed by atoms with van der Waals surface area (Å²) in [6, 6.07) is 6.97. The van der Waals surface area contributed by atoms with Crippen LogP contribution in [0, 0.1) is 0 Å². The van der Waals surface area contributed by atoms with Crippen LogP contribution in [0.5, 0.6) is 5.75 Å². The van der Waals surface area contributed by atoms with E-state index in [1.807, 2.05) is 0 Å². The molecule has 0 aliphatic heterocycles. The van der Waals surface area contributed by atoms with Gasteiger partial charge in [0.1, 0.15) is 5.75 Å². The van der Waals surface area contributed by atoms with Crippen molar-refractivity contribution in [3.8, 4) is 5.75 Å². The molecule has 0 aromatic heterocycles.